The van der Waals surface area contributed by atoms with Crippen LogP contribution in [0.4, 0.5) is 11.4 Å². The Morgan fingerprint density at radius 1 is 0.660 bits per heavy atom. The van der Waals surface area contributed by atoms with Crippen LogP contribution in [-0.2, 0) is 48.4 Å². The topological polar surface area (TPSA) is 220 Å². The maximum absolute atomic E-state index is 10.9. The molecule has 244 valence electrons. The zero-order valence-corrected chi connectivity index (χ0v) is 26.5. The third-order valence-corrected chi connectivity index (χ3v) is 8.02. The van der Waals surface area contributed by atoms with Gasteiger partial charge in [0.15, 0.2) is 0 Å². The number of para-hydroxylation sites is 2. The number of aromatic nitrogens is 6. The smallest absolute Gasteiger partial charge is 0.325 e. The first-order valence-electron chi connectivity index (χ1n) is 14.2. The summed E-state index contributed by atoms with van der Waals surface area (Å²) in [5, 5.41) is 28.5. The number of anilines is 2. The highest BCUT2D eigenvalue weighted by atomic mass is 35.5. The molecule has 6 aromatic rings. The zero-order chi connectivity index (χ0) is 30.5. The summed E-state index contributed by atoms with van der Waals surface area (Å²) in [4.78, 5) is 31.1. The standard InChI is InChI=1S/2C16H14N4O2.2ClH.H2O/c2*17-15-10-3-1-2-4-11(10)18-12-6-5-9-7-20(8-13(21)22)19-16(9)14(12)15;;;/h2*1-4,7H,5-6,8H2,(H2,17,18)(H,21,22);2*1H;1H2. The number of hydrogen-bond acceptors (Lipinski definition) is 8. The number of carboxylic acid groups (broad SMARTS) is 2. The second-order valence-electron chi connectivity index (χ2n) is 10.9. The monoisotopic (exact) mass is 678 g/mol. The molecule has 0 fully saturated rings. The number of benzene rings is 2. The number of nitrogens with two attached hydrogens (primary N) is 2. The number of aryl methyl sites for hydroxylation is 4. The molecule has 2 aliphatic carbocycles. The normalized spacial score (nSPS) is 12.1. The van der Waals surface area contributed by atoms with Crippen molar-refractivity contribution in [3.63, 3.8) is 0 Å². The number of fused-ring (bicyclic) bond motifs is 8. The van der Waals surface area contributed by atoms with Crippen molar-refractivity contribution in [1.82, 2.24) is 29.5 Å². The molecule has 13 nitrogen and oxygen atoms in total. The Kier molecular flexibility index (Phi) is 10.0. The van der Waals surface area contributed by atoms with E-state index in [0.717, 1.165) is 92.5 Å². The number of nitrogens with zero attached hydrogens (tertiary/aromatic N) is 6. The van der Waals surface area contributed by atoms with Gasteiger partial charge in [0.2, 0.25) is 0 Å². The number of halogens is 2. The van der Waals surface area contributed by atoms with E-state index >= 15 is 0 Å². The molecule has 2 aromatic carbocycles. The molecule has 0 saturated carbocycles. The summed E-state index contributed by atoms with van der Waals surface area (Å²) in [7, 11) is 0. The molecule has 8 rings (SSSR count). The van der Waals surface area contributed by atoms with Crippen molar-refractivity contribution in [2.45, 2.75) is 38.8 Å². The quantitative estimate of drug-likeness (QED) is 0.211. The fourth-order valence-electron chi connectivity index (χ4n) is 6.13. The lowest BCUT2D eigenvalue weighted by molar-refractivity contribution is -0.138. The van der Waals surface area contributed by atoms with Crippen molar-refractivity contribution in [2.24, 2.45) is 0 Å². The first kappa shape index (κ1) is 34.6. The van der Waals surface area contributed by atoms with E-state index in [0.29, 0.717) is 11.4 Å². The highest BCUT2D eigenvalue weighted by Gasteiger charge is 2.26. The molecule has 15 heteroatoms. The van der Waals surface area contributed by atoms with Crippen LogP contribution in [0.25, 0.3) is 44.3 Å². The number of nitrogen functional groups attached to an aromatic ring is 2. The van der Waals surface area contributed by atoms with E-state index in [-0.39, 0.29) is 43.4 Å². The maximum atomic E-state index is 10.9. The second kappa shape index (κ2) is 13.6. The summed E-state index contributed by atoms with van der Waals surface area (Å²) >= 11 is 0. The lowest BCUT2D eigenvalue weighted by Gasteiger charge is -2.17. The molecule has 0 atom stereocenters. The molecular formula is C32H32Cl2N8O5. The first-order valence-corrected chi connectivity index (χ1v) is 14.2. The van der Waals surface area contributed by atoms with E-state index in [1.807, 2.05) is 48.5 Å². The highest BCUT2D eigenvalue weighted by molar-refractivity contribution is 6.00. The van der Waals surface area contributed by atoms with E-state index in [1.165, 1.54) is 9.36 Å². The van der Waals surface area contributed by atoms with Gasteiger partial charge in [-0.1, -0.05) is 36.4 Å². The van der Waals surface area contributed by atoms with Gasteiger partial charge in [-0.3, -0.25) is 28.9 Å². The Morgan fingerprint density at radius 2 is 1.04 bits per heavy atom. The Balaban J connectivity index is 0.000000200. The lowest BCUT2D eigenvalue weighted by Crippen LogP contribution is -2.10. The van der Waals surface area contributed by atoms with Crippen LogP contribution < -0.4 is 11.5 Å². The number of aliphatic carboxylic acids is 2. The van der Waals surface area contributed by atoms with Crippen molar-refractivity contribution in [3.8, 4) is 22.5 Å². The summed E-state index contributed by atoms with van der Waals surface area (Å²) in [6, 6.07) is 15.5. The summed E-state index contributed by atoms with van der Waals surface area (Å²) in [5.74, 6) is -1.82. The average Bonchev–Trinajstić information content (AvgIpc) is 3.59. The Bertz CT molecular complexity index is 1990. The molecule has 2 aliphatic rings. The van der Waals surface area contributed by atoms with E-state index in [2.05, 4.69) is 10.2 Å². The zero-order valence-electron chi connectivity index (χ0n) is 24.9. The molecule has 47 heavy (non-hydrogen) atoms. The SMILES string of the molecule is Cl.Cl.Nc1c2c(nc3ccccc13)CCc1cn(CC(=O)O)nc1-2.Nc1c2c(nc3ccccc13)CCc1cn(CC(=O)O)nc1-2.O. The molecule has 4 aromatic heterocycles. The minimum absolute atomic E-state index is 0. The van der Waals surface area contributed by atoms with Crippen LogP contribution in [-0.4, -0.2) is 57.2 Å². The van der Waals surface area contributed by atoms with Gasteiger partial charge < -0.3 is 27.2 Å². The Hall–Kier alpha value is -5.24. The molecule has 0 aliphatic heterocycles. The van der Waals surface area contributed by atoms with Crippen LogP contribution in [0.15, 0.2) is 60.9 Å². The van der Waals surface area contributed by atoms with Crippen LogP contribution >= 0.6 is 24.8 Å². The minimum atomic E-state index is -0.912. The van der Waals surface area contributed by atoms with E-state index < -0.39 is 11.9 Å². The fraction of sp³-hybridized carbons (Fsp3) is 0.188. The summed E-state index contributed by atoms with van der Waals surface area (Å²) < 4.78 is 2.91. The predicted molar refractivity (Wildman–Crippen MR) is 183 cm³/mol. The fourth-order valence-corrected chi connectivity index (χ4v) is 6.13. The highest BCUT2D eigenvalue weighted by Crippen LogP contribution is 2.40. The molecule has 0 saturated heterocycles. The molecule has 0 amide bonds. The third-order valence-electron chi connectivity index (χ3n) is 8.02. The van der Waals surface area contributed by atoms with Gasteiger partial charge in [0, 0.05) is 34.3 Å². The average molecular weight is 680 g/mol. The molecule has 0 bridgehead atoms. The summed E-state index contributed by atoms with van der Waals surface area (Å²) in [6.45, 7) is -0.299. The van der Waals surface area contributed by atoms with Crippen LogP contribution in [0.1, 0.15) is 22.5 Å². The predicted octanol–water partition coefficient (Wildman–Crippen LogP) is 3.75. The number of rotatable bonds is 4. The van der Waals surface area contributed by atoms with Crippen LogP contribution in [0.5, 0.6) is 0 Å². The van der Waals surface area contributed by atoms with Crippen molar-refractivity contribution < 1.29 is 25.3 Å². The van der Waals surface area contributed by atoms with Gasteiger partial charge in [0.25, 0.3) is 0 Å². The number of pyridine rings is 2. The number of hydrogen-bond donors (Lipinski definition) is 4. The second-order valence-corrected chi connectivity index (χ2v) is 10.9. The molecule has 0 unspecified atom stereocenters. The van der Waals surface area contributed by atoms with Gasteiger partial charge in [-0.15, -0.1) is 24.8 Å². The minimum Gasteiger partial charge on any atom is -0.480 e. The number of carbonyl (C=O) groups is 2. The van der Waals surface area contributed by atoms with Gasteiger partial charge in [0.05, 0.1) is 45.2 Å². The van der Waals surface area contributed by atoms with Crippen molar-refractivity contribution >= 4 is 69.9 Å². The Morgan fingerprint density at radius 3 is 1.43 bits per heavy atom. The molecule has 0 spiro atoms. The van der Waals surface area contributed by atoms with Gasteiger partial charge in [0.1, 0.15) is 13.1 Å². The van der Waals surface area contributed by atoms with E-state index in [4.69, 9.17) is 31.6 Å². The van der Waals surface area contributed by atoms with Crippen molar-refractivity contribution in [3.05, 3.63) is 83.4 Å². The van der Waals surface area contributed by atoms with Crippen LogP contribution in [0.3, 0.4) is 0 Å². The molecule has 0 radical (unpaired) electrons. The largest absolute Gasteiger partial charge is 0.480 e. The summed E-state index contributed by atoms with van der Waals surface area (Å²) in [6.07, 6.45) is 6.76. The molecule has 4 heterocycles. The van der Waals surface area contributed by atoms with Gasteiger partial charge in [-0.05, 0) is 48.9 Å². The number of carboxylic acids is 2. The van der Waals surface area contributed by atoms with Crippen molar-refractivity contribution in [2.75, 3.05) is 11.5 Å². The third kappa shape index (κ3) is 6.28. The lowest BCUT2D eigenvalue weighted by atomic mass is 9.91. The Labute approximate surface area is 280 Å². The van der Waals surface area contributed by atoms with Crippen LogP contribution in [0.2, 0.25) is 0 Å². The van der Waals surface area contributed by atoms with Gasteiger partial charge in [-0.25, -0.2) is 0 Å². The molecular weight excluding hydrogens is 647 g/mol. The van der Waals surface area contributed by atoms with E-state index in [9.17, 15) is 9.59 Å². The van der Waals surface area contributed by atoms with Crippen molar-refractivity contribution in [1.29, 1.82) is 0 Å². The molecule has 8 N–H and O–H groups in total. The van der Waals surface area contributed by atoms with E-state index in [1.54, 1.807) is 12.4 Å². The summed E-state index contributed by atoms with van der Waals surface area (Å²) in [5.41, 5.74) is 23.0. The van der Waals surface area contributed by atoms with Crippen LogP contribution in [0, 0.1) is 0 Å². The first-order chi connectivity index (χ1) is 21.3. The van der Waals surface area contributed by atoms with Gasteiger partial charge >= 0.3 is 11.9 Å². The maximum Gasteiger partial charge on any atom is 0.325 e. The van der Waals surface area contributed by atoms with Gasteiger partial charge in [-0.2, -0.15) is 10.2 Å².